The summed E-state index contributed by atoms with van der Waals surface area (Å²) in [6, 6.07) is 18.3. The van der Waals surface area contributed by atoms with E-state index in [1.54, 1.807) is 7.11 Å². The van der Waals surface area contributed by atoms with Crippen molar-refractivity contribution in [2.24, 2.45) is 11.0 Å². The van der Waals surface area contributed by atoms with Crippen LogP contribution in [-0.2, 0) is 25.9 Å². The second-order valence-electron chi connectivity index (χ2n) is 8.24. The number of methoxy groups -OCH3 is 1. The maximum absolute atomic E-state index is 13.4. The maximum Gasteiger partial charge on any atom is 0.331 e. The van der Waals surface area contributed by atoms with E-state index in [0.717, 1.165) is 41.7 Å². The average Bonchev–Trinajstić information content (AvgIpc) is 3.14. The molecule has 4 rings (SSSR count). The molecule has 0 radical (unpaired) electrons. The van der Waals surface area contributed by atoms with E-state index < -0.39 is 14.2 Å². The lowest BCUT2D eigenvalue weighted by Gasteiger charge is -2.41. The highest BCUT2D eigenvalue weighted by Crippen LogP contribution is 2.71. The molecule has 178 valence electrons. The molecule has 6 nitrogen and oxygen atoms in total. The van der Waals surface area contributed by atoms with Crippen molar-refractivity contribution in [2.75, 3.05) is 31.3 Å². The molecule has 0 saturated heterocycles. The van der Waals surface area contributed by atoms with Gasteiger partial charge in [0.1, 0.15) is 11.4 Å². The van der Waals surface area contributed by atoms with Gasteiger partial charge in [0.15, 0.2) is 0 Å². The van der Waals surface area contributed by atoms with E-state index in [1.165, 1.54) is 0 Å². The van der Waals surface area contributed by atoms with Crippen LogP contribution in [0.25, 0.3) is 0 Å². The van der Waals surface area contributed by atoms with Crippen LogP contribution in [0.3, 0.4) is 0 Å². The van der Waals surface area contributed by atoms with Crippen molar-refractivity contribution >= 4 is 43.2 Å². The van der Waals surface area contributed by atoms with Crippen molar-refractivity contribution in [3.63, 3.8) is 0 Å². The van der Waals surface area contributed by atoms with Crippen LogP contribution < -0.4 is 14.8 Å². The van der Waals surface area contributed by atoms with E-state index in [9.17, 15) is 4.57 Å². The van der Waals surface area contributed by atoms with Crippen molar-refractivity contribution in [3.05, 3.63) is 54.6 Å². The molecule has 1 fully saturated rings. The summed E-state index contributed by atoms with van der Waals surface area (Å²) in [5, 5.41) is 6.29. The zero-order valence-electron chi connectivity index (χ0n) is 19.4. The summed E-state index contributed by atoms with van der Waals surface area (Å²) in [7, 11) is -1.52. The van der Waals surface area contributed by atoms with Gasteiger partial charge in [-0.3, -0.25) is 4.57 Å². The first kappa shape index (κ1) is 24.8. The van der Waals surface area contributed by atoms with Gasteiger partial charge in [-0.15, -0.1) is 5.10 Å². The SMILES string of the molecule is CCOP(=O)(CC1CCCC2C1=NN(c1ccccc1)[P+]2([S-])c1ccc(OC)cc1)OCC. The van der Waals surface area contributed by atoms with E-state index in [4.69, 9.17) is 31.1 Å². The molecule has 0 spiro atoms. The summed E-state index contributed by atoms with van der Waals surface area (Å²) >= 11 is 6.56. The lowest BCUT2D eigenvalue weighted by Crippen LogP contribution is -2.37. The Morgan fingerprint density at radius 1 is 1.06 bits per heavy atom. The fourth-order valence-corrected chi connectivity index (χ4v) is 11.5. The third-order valence-electron chi connectivity index (χ3n) is 6.23. The first-order valence-electron chi connectivity index (χ1n) is 11.5. The molecule has 1 aliphatic heterocycles. The molecule has 3 unspecified atom stereocenters. The van der Waals surface area contributed by atoms with Gasteiger partial charge in [0.25, 0.3) is 0 Å². The minimum atomic E-state index is -3.19. The van der Waals surface area contributed by atoms with Crippen LogP contribution >= 0.6 is 14.2 Å². The van der Waals surface area contributed by atoms with E-state index >= 15 is 0 Å². The third kappa shape index (κ3) is 4.90. The summed E-state index contributed by atoms with van der Waals surface area (Å²) in [4.78, 5) is 0. The van der Waals surface area contributed by atoms with Gasteiger partial charge in [-0.1, -0.05) is 18.2 Å². The molecule has 3 atom stereocenters. The number of rotatable bonds is 9. The topological polar surface area (TPSA) is 60.4 Å². The Kier molecular flexibility index (Phi) is 7.87. The van der Waals surface area contributed by atoms with Crippen LogP contribution in [0.4, 0.5) is 5.69 Å². The van der Waals surface area contributed by atoms with Crippen molar-refractivity contribution in [1.82, 2.24) is 0 Å². The van der Waals surface area contributed by atoms with E-state index in [2.05, 4.69) is 29.0 Å². The Hall–Kier alpha value is -1.36. The van der Waals surface area contributed by atoms with Gasteiger partial charge in [-0.25, -0.2) is 0 Å². The molecule has 9 heteroatoms. The molecule has 0 N–H and O–H groups in total. The summed E-state index contributed by atoms with van der Waals surface area (Å²) in [6.07, 6.45) is 3.27. The van der Waals surface area contributed by atoms with Crippen molar-refractivity contribution in [1.29, 1.82) is 0 Å². The Morgan fingerprint density at radius 3 is 2.33 bits per heavy atom. The smallest absolute Gasteiger partial charge is 0.331 e. The van der Waals surface area contributed by atoms with Crippen LogP contribution in [0, 0.1) is 5.92 Å². The van der Waals surface area contributed by atoms with Gasteiger partial charge in [0.05, 0.1) is 49.8 Å². The van der Waals surface area contributed by atoms with Crippen LogP contribution in [-0.4, -0.2) is 37.9 Å². The maximum atomic E-state index is 13.4. The molecule has 0 bridgehead atoms. The number of fused-ring (bicyclic) bond motifs is 1. The van der Waals surface area contributed by atoms with Gasteiger partial charge in [0, 0.05) is 5.92 Å². The highest BCUT2D eigenvalue weighted by molar-refractivity contribution is 8.46. The molecule has 2 aliphatic rings. The number of hydrogen-bond donors (Lipinski definition) is 0. The molecule has 1 aliphatic carbocycles. The van der Waals surface area contributed by atoms with E-state index in [1.807, 2.05) is 44.2 Å². The second-order valence-corrected chi connectivity index (χ2v) is 14.8. The molecule has 0 amide bonds. The number of benzene rings is 2. The summed E-state index contributed by atoms with van der Waals surface area (Å²) < 4.78 is 32.1. The minimum Gasteiger partial charge on any atom is -0.524 e. The summed E-state index contributed by atoms with van der Waals surface area (Å²) in [5.74, 6) is 0.838. The van der Waals surface area contributed by atoms with E-state index in [0.29, 0.717) is 19.4 Å². The quantitative estimate of drug-likeness (QED) is 0.306. The highest BCUT2D eigenvalue weighted by atomic mass is 32.7. The Labute approximate surface area is 202 Å². The number of hydrogen-bond acceptors (Lipinski definition) is 7. The fourth-order valence-electron chi connectivity index (χ4n) is 4.80. The number of hydrazone groups is 1. The largest absolute Gasteiger partial charge is 0.524 e. The molecule has 1 saturated carbocycles. The first-order chi connectivity index (χ1) is 15.9. The molecule has 0 aromatic heterocycles. The Bertz CT molecular complexity index is 1010. The van der Waals surface area contributed by atoms with Gasteiger partial charge in [-0.05, 0) is 69.5 Å². The zero-order valence-corrected chi connectivity index (χ0v) is 22.0. The summed E-state index contributed by atoms with van der Waals surface area (Å²) in [5.41, 5.74) is 2.19. The van der Waals surface area contributed by atoms with Crippen LogP contribution in [0.1, 0.15) is 33.1 Å². The number of para-hydroxylation sites is 1. The van der Waals surface area contributed by atoms with E-state index in [-0.39, 0.29) is 11.6 Å². The van der Waals surface area contributed by atoms with Crippen molar-refractivity contribution in [2.45, 2.75) is 38.8 Å². The van der Waals surface area contributed by atoms with Crippen LogP contribution in [0.5, 0.6) is 5.75 Å². The predicted octanol–water partition coefficient (Wildman–Crippen LogP) is 6.03. The molecule has 2 aromatic rings. The zero-order chi connectivity index (χ0) is 23.5. The van der Waals surface area contributed by atoms with Gasteiger partial charge < -0.3 is 26.0 Å². The second kappa shape index (κ2) is 10.5. The van der Waals surface area contributed by atoms with Crippen LogP contribution in [0.2, 0.25) is 0 Å². The number of anilines is 1. The van der Waals surface area contributed by atoms with Gasteiger partial charge >= 0.3 is 7.60 Å². The first-order valence-corrected chi connectivity index (χ1v) is 16.1. The standard InChI is InChI=1S/C24H32N2O4P2S/c1-4-29-31(27,30-5-2)18-19-10-9-13-23-24(19)25-26(20-11-7-6-8-12-20)32(23,33)22-16-14-21(28-3)15-17-22/h6-8,11-12,14-17,19,23H,4-5,9-10,13,18H2,1-3H3. The van der Waals surface area contributed by atoms with Crippen LogP contribution in [0.15, 0.2) is 59.7 Å². The average molecular weight is 507 g/mol. The molecular weight excluding hydrogens is 474 g/mol. The normalized spacial score (nSPS) is 25.0. The highest BCUT2D eigenvalue weighted by Gasteiger charge is 2.55. The monoisotopic (exact) mass is 506 g/mol. The fraction of sp³-hybridized carbons (Fsp3) is 0.458. The third-order valence-corrected chi connectivity index (χ3v) is 13.6. The summed E-state index contributed by atoms with van der Waals surface area (Å²) in [6.45, 7) is 2.11. The van der Waals surface area contributed by atoms with Gasteiger partial charge in [-0.2, -0.15) is 4.78 Å². The number of nitrogens with zero attached hydrogens (tertiary/aromatic N) is 2. The Balaban J connectivity index is 1.75. The predicted molar refractivity (Wildman–Crippen MR) is 140 cm³/mol. The lowest BCUT2D eigenvalue weighted by atomic mass is 9.88. The molecule has 1 heterocycles. The van der Waals surface area contributed by atoms with Gasteiger partial charge in [0.2, 0.25) is 0 Å². The lowest BCUT2D eigenvalue weighted by molar-refractivity contribution is 0.217. The molecular formula is C24H32N2O4P2S. The Morgan fingerprint density at radius 2 is 1.73 bits per heavy atom. The van der Waals surface area contributed by atoms with Crippen molar-refractivity contribution < 1.29 is 18.3 Å². The minimum absolute atomic E-state index is 0.0296. The molecule has 33 heavy (non-hydrogen) atoms. The number of ether oxygens (including phenoxy) is 1. The van der Waals surface area contributed by atoms with Crippen molar-refractivity contribution in [3.8, 4) is 5.75 Å². The molecule has 2 aromatic carbocycles.